The summed E-state index contributed by atoms with van der Waals surface area (Å²) in [5, 5.41) is 18.6. The number of aromatic nitrogens is 1. The lowest BCUT2D eigenvalue weighted by atomic mass is 9.94. The first-order valence-electron chi connectivity index (χ1n) is 6.43. The Kier molecular flexibility index (Phi) is 5.60. The molecule has 2 unspecified atom stereocenters. The number of nitriles is 1. The normalized spacial score (nSPS) is 13.4. The van der Waals surface area contributed by atoms with E-state index >= 15 is 0 Å². The highest BCUT2D eigenvalue weighted by atomic mass is 32.2. The maximum atomic E-state index is 9.56. The number of hydrogen-bond donors (Lipinski definition) is 1. The molecule has 1 aromatic heterocycles. The van der Waals surface area contributed by atoms with E-state index < -0.39 is 0 Å². The first kappa shape index (κ1) is 14.6. The van der Waals surface area contributed by atoms with Crippen LogP contribution in [0.3, 0.4) is 0 Å². The molecule has 0 saturated heterocycles. The molecule has 0 amide bonds. The van der Waals surface area contributed by atoms with Crippen LogP contribution in [0.1, 0.15) is 22.3 Å². The van der Waals surface area contributed by atoms with Crippen LogP contribution < -0.4 is 0 Å². The van der Waals surface area contributed by atoms with Gasteiger partial charge in [0.15, 0.2) is 0 Å². The summed E-state index contributed by atoms with van der Waals surface area (Å²) in [4.78, 5) is 4.10. The molecular formula is C16H16N2OS. The fourth-order valence-corrected chi connectivity index (χ4v) is 3.20. The van der Waals surface area contributed by atoms with Crippen molar-refractivity contribution in [3.8, 4) is 6.07 Å². The smallest absolute Gasteiger partial charge is 0.0886 e. The van der Waals surface area contributed by atoms with Gasteiger partial charge in [0.25, 0.3) is 0 Å². The van der Waals surface area contributed by atoms with Crippen molar-refractivity contribution in [2.24, 2.45) is 0 Å². The monoisotopic (exact) mass is 284 g/mol. The fraction of sp³-hybridized carbons (Fsp3) is 0.250. The number of rotatable bonds is 6. The minimum atomic E-state index is -0.275. The van der Waals surface area contributed by atoms with Crippen molar-refractivity contribution in [2.75, 3.05) is 12.4 Å². The second-order valence-electron chi connectivity index (χ2n) is 4.32. The third-order valence-electron chi connectivity index (χ3n) is 3.00. The topological polar surface area (TPSA) is 56.9 Å². The van der Waals surface area contributed by atoms with Gasteiger partial charge in [-0.3, -0.25) is 4.98 Å². The Labute approximate surface area is 123 Å². The Balaban J connectivity index is 2.32. The molecule has 0 aliphatic rings. The molecule has 20 heavy (non-hydrogen) atoms. The molecule has 2 atom stereocenters. The molecule has 0 fully saturated rings. The number of hydrogen-bond acceptors (Lipinski definition) is 4. The molecule has 2 rings (SSSR count). The zero-order chi connectivity index (χ0) is 14.2. The lowest BCUT2D eigenvalue weighted by molar-refractivity contribution is 0.322. The van der Waals surface area contributed by atoms with E-state index in [-0.39, 0.29) is 17.8 Å². The summed E-state index contributed by atoms with van der Waals surface area (Å²) < 4.78 is 0. The van der Waals surface area contributed by atoms with Crippen LogP contribution in [0, 0.1) is 11.3 Å². The van der Waals surface area contributed by atoms with Crippen LogP contribution in [0.15, 0.2) is 54.9 Å². The van der Waals surface area contributed by atoms with Crippen LogP contribution in [0.5, 0.6) is 0 Å². The van der Waals surface area contributed by atoms with Crippen molar-refractivity contribution < 1.29 is 5.11 Å². The molecule has 1 N–H and O–H groups in total. The van der Waals surface area contributed by atoms with Crippen molar-refractivity contribution in [3.05, 3.63) is 66.0 Å². The van der Waals surface area contributed by atoms with Gasteiger partial charge in [0.2, 0.25) is 0 Å². The maximum Gasteiger partial charge on any atom is 0.0886 e. The molecule has 0 radical (unpaired) electrons. The first-order valence-corrected chi connectivity index (χ1v) is 7.48. The van der Waals surface area contributed by atoms with E-state index in [0.29, 0.717) is 5.75 Å². The molecule has 0 aliphatic carbocycles. The van der Waals surface area contributed by atoms with E-state index in [9.17, 15) is 5.26 Å². The highest BCUT2D eigenvalue weighted by Gasteiger charge is 2.25. The van der Waals surface area contributed by atoms with Gasteiger partial charge in [0.05, 0.1) is 18.6 Å². The van der Waals surface area contributed by atoms with E-state index in [1.54, 1.807) is 24.2 Å². The molecular weight excluding hydrogens is 268 g/mol. The molecule has 0 bridgehead atoms. The van der Waals surface area contributed by atoms with Crippen molar-refractivity contribution >= 4 is 11.8 Å². The summed E-state index contributed by atoms with van der Waals surface area (Å²) in [6.07, 6.45) is 3.44. The molecule has 2 aromatic rings. The van der Waals surface area contributed by atoms with E-state index in [4.69, 9.17) is 5.11 Å². The van der Waals surface area contributed by atoms with Crippen LogP contribution >= 0.6 is 11.8 Å². The molecule has 0 spiro atoms. The first-order chi connectivity index (χ1) is 9.86. The van der Waals surface area contributed by atoms with Gasteiger partial charge in [-0.1, -0.05) is 36.4 Å². The summed E-state index contributed by atoms with van der Waals surface area (Å²) in [6.45, 7) is 0.110. The SMILES string of the molecule is N#CC(c1cccnc1)C(SCCO)c1ccccc1. The van der Waals surface area contributed by atoms with Gasteiger partial charge in [0.1, 0.15) is 0 Å². The fourth-order valence-electron chi connectivity index (χ4n) is 2.08. The van der Waals surface area contributed by atoms with E-state index in [2.05, 4.69) is 11.1 Å². The molecule has 3 nitrogen and oxygen atoms in total. The second-order valence-corrected chi connectivity index (χ2v) is 5.57. The van der Waals surface area contributed by atoms with Crippen molar-refractivity contribution in [1.82, 2.24) is 4.98 Å². The van der Waals surface area contributed by atoms with Crippen LogP contribution in [0.2, 0.25) is 0 Å². The largest absolute Gasteiger partial charge is 0.396 e. The Bertz CT molecular complexity index is 554. The Hall–Kier alpha value is -1.83. The highest BCUT2D eigenvalue weighted by Crippen LogP contribution is 2.40. The van der Waals surface area contributed by atoms with Crippen molar-refractivity contribution in [2.45, 2.75) is 11.2 Å². The number of thioether (sulfide) groups is 1. The van der Waals surface area contributed by atoms with Gasteiger partial charge in [-0.05, 0) is 17.2 Å². The van der Waals surface area contributed by atoms with Gasteiger partial charge in [-0.25, -0.2) is 0 Å². The molecule has 4 heteroatoms. The summed E-state index contributed by atoms with van der Waals surface area (Å²) in [6, 6.07) is 16.1. The van der Waals surface area contributed by atoms with E-state index in [1.165, 1.54) is 0 Å². The highest BCUT2D eigenvalue weighted by molar-refractivity contribution is 7.99. The third kappa shape index (κ3) is 3.60. The maximum absolute atomic E-state index is 9.56. The van der Waals surface area contributed by atoms with Crippen LogP contribution in [0.25, 0.3) is 0 Å². The lowest BCUT2D eigenvalue weighted by Gasteiger charge is -2.22. The standard InChI is InChI=1S/C16H16N2OS/c17-11-15(14-7-4-8-18-12-14)16(20-10-9-19)13-5-2-1-3-6-13/h1-8,12,15-16,19H,9-10H2. The van der Waals surface area contributed by atoms with Gasteiger partial charge >= 0.3 is 0 Å². The second kappa shape index (κ2) is 7.68. The number of nitrogens with zero attached hydrogens (tertiary/aromatic N) is 2. The molecule has 0 saturated carbocycles. The van der Waals surface area contributed by atoms with Crippen molar-refractivity contribution in [3.63, 3.8) is 0 Å². The molecule has 102 valence electrons. The van der Waals surface area contributed by atoms with Crippen LogP contribution in [-0.4, -0.2) is 22.5 Å². The Morgan fingerprint density at radius 3 is 2.50 bits per heavy atom. The summed E-state index contributed by atoms with van der Waals surface area (Å²) in [5.41, 5.74) is 2.01. The van der Waals surface area contributed by atoms with Crippen molar-refractivity contribution in [1.29, 1.82) is 5.26 Å². The van der Waals surface area contributed by atoms with Gasteiger partial charge < -0.3 is 5.11 Å². The Morgan fingerprint density at radius 1 is 1.15 bits per heavy atom. The zero-order valence-corrected chi connectivity index (χ0v) is 11.8. The quantitative estimate of drug-likeness (QED) is 0.885. The van der Waals surface area contributed by atoms with Crippen LogP contribution in [-0.2, 0) is 0 Å². The van der Waals surface area contributed by atoms with E-state index in [1.807, 2.05) is 42.5 Å². The molecule has 1 aromatic carbocycles. The number of benzene rings is 1. The minimum Gasteiger partial charge on any atom is -0.396 e. The summed E-state index contributed by atoms with van der Waals surface area (Å²) in [5.74, 6) is 0.334. The molecule has 1 heterocycles. The zero-order valence-electron chi connectivity index (χ0n) is 11.0. The van der Waals surface area contributed by atoms with Gasteiger partial charge in [-0.2, -0.15) is 5.26 Å². The van der Waals surface area contributed by atoms with Crippen LogP contribution in [0.4, 0.5) is 0 Å². The van der Waals surface area contributed by atoms with Gasteiger partial charge in [0, 0.05) is 23.4 Å². The number of pyridine rings is 1. The predicted molar refractivity (Wildman–Crippen MR) is 81.3 cm³/mol. The average Bonchev–Trinajstić information content (AvgIpc) is 2.53. The van der Waals surface area contributed by atoms with Gasteiger partial charge in [-0.15, -0.1) is 11.8 Å². The van der Waals surface area contributed by atoms with E-state index in [0.717, 1.165) is 11.1 Å². The third-order valence-corrected chi connectivity index (χ3v) is 4.32. The predicted octanol–water partition coefficient (Wildman–Crippen LogP) is 3.16. The number of aliphatic hydroxyl groups is 1. The minimum absolute atomic E-state index is 0.00227. The average molecular weight is 284 g/mol. The number of aliphatic hydroxyl groups excluding tert-OH is 1. The Morgan fingerprint density at radius 2 is 1.90 bits per heavy atom. The molecule has 0 aliphatic heterocycles. The summed E-state index contributed by atoms with van der Waals surface area (Å²) in [7, 11) is 0. The summed E-state index contributed by atoms with van der Waals surface area (Å²) >= 11 is 1.60. The lowest BCUT2D eigenvalue weighted by Crippen LogP contribution is -2.08.